The summed E-state index contributed by atoms with van der Waals surface area (Å²) < 4.78 is 27.5. The molecule has 51 heavy (non-hydrogen) atoms. The van der Waals surface area contributed by atoms with Crippen molar-refractivity contribution in [1.82, 2.24) is 0 Å². The number of carbonyl (C=O) groups is 2. The van der Waals surface area contributed by atoms with Crippen molar-refractivity contribution in [2.24, 2.45) is 5.73 Å². The fraction of sp³-hybridized carbons (Fsp3) is 0.857. The lowest BCUT2D eigenvalue weighted by Gasteiger charge is -2.42. The maximum atomic E-state index is 12.9. The molecule has 9 heteroatoms. The summed E-state index contributed by atoms with van der Waals surface area (Å²) in [6.45, 7) is 4.07. The third-order valence-electron chi connectivity index (χ3n) is 9.45. The molecule has 8 nitrogen and oxygen atoms in total. The van der Waals surface area contributed by atoms with Crippen molar-refractivity contribution >= 4 is 28.9 Å². The third-order valence-corrected chi connectivity index (χ3v) is 9.45. The standard InChI is InChI=1S/C42H79NO7.BrH/c1-6-8-10-12-14-16-18-20-22-24-26-28-30-32-34-36-39(44)49-38-41(46-3,42(43,47-4)48-5)50-40(45)37-35-33-31-29-27-25-23-21-19-17-15-13-11-9-7-2;/h20-23H,6-19,24-38,43H2,1-5H3;1H/b22-20-,23-21-;. The minimum Gasteiger partial charge on any atom is -0.458 e. The highest BCUT2D eigenvalue weighted by Gasteiger charge is 2.56. The number of allylic oxidation sites excluding steroid dienone is 4. The zero-order chi connectivity index (χ0) is 37.0. The average Bonchev–Trinajstić information content (AvgIpc) is 3.12. The van der Waals surface area contributed by atoms with Gasteiger partial charge in [-0.1, -0.05) is 141 Å². The van der Waals surface area contributed by atoms with Crippen LogP contribution >= 0.6 is 17.0 Å². The van der Waals surface area contributed by atoms with Crippen LogP contribution in [0.2, 0.25) is 0 Å². The number of hydrogen-bond donors (Lipinski definition) is 1. The Hall–Kier alpha value is -1.26. The highest BCUT2D eigenvalue weighted by molar-refractivity contribution is 8.93. The van der Waals surface area contributed by atoms with Crippen LogP contribution < -0.4 is 5.73 Å². The Morgan fingerprint density at radius 3 is 1.18 bits per heavy atom. The van der Waals surface area contributed by atoms with Gasteiger partial charge in [0.05, 0.1) is 0 Å². The van der Waals surface area contributed by atoms with Gasteiger partial charge in [0.25, 0.3) is 5.91 Å². The first-order valence-electron chi connectivity index (χ1n) is 20.5. The second-order valence-electron chi connectivity index (χ2n) is 13.8. The second kappa shape index (κ2) is 37.1. The van der Waals surface area contributed by atoms with Crippen LogP contribution in [0.25, 0.3) is 0 Å². The van der Waals surface area contributed by atoms with Crippen LogP contribution in [0, 0.1) is 0 Å². The molecule has 0 radical (unpaired) electrons. The molecule has 0 aliphatic rings. The van der Waals surface area contributed by atoms with E-state index in [1.165, 1.54) is 118 Å². The SMILES string of the molecule is Br.CCCCCCCC/C=C\CCCCCCCC(=O)OCC(OC)(OC(=O)CCCCCCC/C=C\CCCCCCCC)C(N)(OC)OC. The molecule has 0 amide bonds. The van der Waals surface area contributed by atoms with Gasteiger partial charge >= 0.3 is 17.7 Å². The van der Waals surface area contributed by atoms with Gasteiger partial charge in [-0.05, 0) is 64.2 Å². The molecule has 0 aromatic rings. The number of rotatable bonds is 37. The van der Waals surface area contributed by atoms with E-state index < -0.39 is 30.2 Å². The van der Waals surface area contributed by atoms with E-state index in [4.69, 9.17) is 29.4 Å². The quantitative estimate of drug-likeness (QED) is 0.0287. The summed E-state index contributed by atoms with van der Waals surface area (Å²) >= 11 is 0. The van der Waals surface area contributed by atoms with Crippen molar-refractivity contribution in [3.63, 3.8) is 0 Å². The molecular weight excluding hydrogens is 710 g/mol. The highest BCUT2D eigenvalue weighted by Crippen LogP contribution is 2.29. The molecular formula is C42H80BrNO7. The van der Waals surface area contributed by atoms with Crippen molar-refractivity contribution in [1.29, 1.82) is 0 Å². The van der Waals surface area contributed by atoms with Crippen LogP contribution in [0.1, 0.15) is 194 Å². The Bertz CT molecular complexity index is 849. The van der Waals surface area contributed by atoms with E-state index in [1.807, 2.05) is 0 Å². The Morgan fingerprint density at radius 2 is 0.824 bits per heavy atom. The van der Waals surface area contributed by atoms with Crippen LogP contribution in [0.4, 0.5) is 0 Å². The lowest BCUT2D eigenvalue weighted by molar-refractivity contribution is -0.387. The highest BCUT2D eigenvalue weighted by atomic mass is 79.9. The molecule has 0 heterocycles. The number of carbonyl (C=O) groups excluding carboxylic acids is 2. The number of hydrogen-bond acceptors (Lipinski definition) is 8. The molecule has 302 valence electrons. The van der Waals surface area contributed by atoms with E-state index in [0.717, 1.165) is 64.2 Å². The molecule has 0 saturated carbocycles. The van der Waals surface area contributed by atoms with Crippen LogP contribution in [-0.2, 0) is 33.3 Å². The van der Waals surface area contributed by atoms with Gasteiger partial charge in [-0.3, -0.25) is 15.3 Å². The number of methoxy groups -OCH3 is 3. The smallest absolute Gasteiger partial charge is 0.317 e. The van der Waals surface area contributed by atoms with E-state index in [1.54, 1.807) is 0 Å². The largest absolute Gasteiger partial charge is 0.458 e. The number of halogens is 1. The Labute approximate surface area is 324 Å². The summed E-state index contributed by atoms with van der Waals surface area (Å²) in [5.41, 5.74) is 6.29. The number of esters is 2. The van der Waals surface area contributed by atoms with E-state index in [2.05, 4.69) is 38.2 Å². The maximum absolute atomic E-state index is 12.9. The van der Waals surface area contributed by atoms with Crippen molar-refractivity contribution in [3.05, 3.63) is 24.3 Å². The van der Waals surface area contributed by atoms with E-state index in [-0.39, 0.29) is 29.8 Å². The Balaban J connectivity index is 0. The zero-order valence-electron chi connectivity index (χ0n) is 33.7. The second-order valence-corrected chi connectivity index (χ2v) is 13.8. The molecule has 1 atom stereocenters. The molecule has 0 aromatic carbocycles. The zero-order valence-corrected chi connectivity index (χ0v) is 35.4. The van der Waals surface area contributed by atoms with E-state index in [9.17, 15) is 9.59 Å². The van der Waals surface area contributed by atoms with Crippen molar-refractivity contribution in [3.8, 4) is 0 Å². The molecule has 2 N–H and O–H groups in total. The molecule has 1 unspecified atom stereocenters. The van der Waals surface area contributed by atoms with Crippen molar-refractivity contribution < 1.29 is 33.3 Å². The first-order chi connectivity index (χ1) is 24.3. The fourth-order valence-corrected chi connectivity index (χ4v) is 6.00. The summed E-state index contributed by atoms with van der Waals surface area (Å²) in [6, 6.07) is 0. The molecule has 0 aliphatic carbocycles. The maximum Gasteiger partial charge on any atom is 0.317 e. The first-order valence-corrected chi connectivity index (χ1v) is 20.5. The van der Waals surface area contributed by atoms with Gasteiger partial charge in [0.15, 0.2) is 6.61 Å². The van der Waals surface area contributed by atoms with E-state index in [0.29, 0.717) is 6.42 Å². The van der Waals surface area contributed by atoms with Crippen LogP contribution in [0.15, 0.2) is 24.3 Å². The summed E-state index contributed by atoms with van der Waals surface area (Å²) in [4.78, 5) is 25.5. The predicted octanol–water partition coefficient (Wildman–Crippen LogP) is 12.0. The van der Waals surface area contributed by atoms with Gasteiger partial charge in [0, 0.05) is 34.2 Å². The summed E-state index contributed by atoms with van der Waals surface area (Å²) in [6.07, 6.45) is 40.4. The summed E-state index contributed by atoms with van der Waals surface area (Å²) in [5.74, 6) is -4.84. The predicted molar refractivity (Wildman–Crippen MR) is 217 cm³/mol. The van der Waals surface area contributed by atoms with Crippen LogP contribution in [-0.4, -0.2) is 51.6 Å². The van der Waals surface area contributed by atoms with E-state index >= 15 is 0 Å². The van der Waals surface area contributed by atoms with Gasteiger partial charge in [-0.15, -0.1) is 17.0 Å². The van der Waals surface area contributed by atoms with Crippen LogP contribution in [0.3, 0.4) is 0 Å². The molecule has 0 aromatic heterocycles. The van der Waals surface area contributed by atoms with Gasteiger partial charge in [0.1, 0.15) is 0 Å². The topological polar surface area (TPSA) is 106 Å². The van der Waals surface area contributed by atoms with Crippen molar-refractivity contribution in [2.45, 2.75) is 205 Å². The lowest BCUT2D eigenvalue weighted by atomic mass is 10.1. The summed E-state index contributed by atoms with van der Waals surface area (Å²) in [7, 11) is 3.97. The molecule has 0 rings (SSSR count). The molecule has 0 aliphatic heterocycles. The van der Waals surface area contributed by atoms with Crippen LogP contribution in [0.5, 0.6) is 0 Å². The number of ether oxygens (including phenoxy) is 5. The lowest BCUT2D eigenvalue weighted by Crippen LogP contribution is -2.68. The average molecular weight is 791 g/mol. The minimum atomic E-state index is -1.97. The van der Waals surface area contributed by atoms with Gasteiger partial charge in [-0.2, -0.15) is 0 Å². The van der Waals surface area contributed by atoms with Gasteiger partial charge in [0.2, 0.25) is 0 Å². The Morgan fingerprint density at radius 1 is 0.490 bits per heavy atom. The minimum absolute atomic E-state index is 0. The van der Waals surface area contributed by atoms with Crippen molar-refractivity contribution in [2.75, 3.05) is 27.9 Å². The monoisotopic (exact) mass is 790 g/mol. The first kappa shape index (κ1) is 51.8. The third kappa shape index (κ3) is 27.9. The molecule has 0 bridgehead atoms. The number of nitrogens with two attached hydrogens (primary N) is 1. The Kier molecular flexibility index (Phi) is 37.7. The fourth-order valence-electron chi connectivity index (χ4n) is 6.00. The normalized spacial score (nSPS) is 13.1. The molecule has 0 saturated heterocycles. The van der Waals surface area contributed by atoms with Gasteiger partial charge in [-0.25, -0.2) is 0 Å². The van der Waals surface area contributed by atoms with Gasteiger partial charge < -0.3 is 23.7 Å². The summed E-state index contributed by atoms with van der Waals surface area (Å²) in [5, 5.41) is 0. The molecule has 0 spiro atoms. The molecule has 0 fully saturated rings. The number of unbranched alkanes of at least 4 members (excludes halogenated alkanes) is 22.